The van der Waals surface area contributed by atoms with Crippen LogP contribution in [-0.4, -0.2) is 27.8 Å². The Hall–Kier alpha value is -1.85. The van der Waals surface area contributed by atoms with Gasteiger partial charge in [-0.3, -0.25) is 4.79 Å². The van der Waals surface area contributed by atoms with Gasteiger partial charge in [0.25, 0.3) is 5.91 Å². The van der Waals surface area contributed by atoms with Gasteiger partial charge in [0.15, 0.2) is 5.69 Å². The molecule has 0 bridgehead atoms. The largest absolute Gasteiger partial charge is 0.392 e. The summed E-state index contributed by atoms with van der Waals surface area (Å²) in [7, 11) is 1.55. The number of amides is 1. The van der Waals surface area contributed by atoms with E-state index in [9.17, 15) is 4.79 Å². The summed E-state index contributed by atoms with van der Waals surface area (Å²) < 4.78 is 1.52. The SMILES string of the molecule is CNC(=O)c1ccn(-c2ccc(CO)cc2Cl)n1. The fraction of sp³-hybridized carbons (Fsp3) is 0.167. The van der Waals surface area contributed by atoms with Crippen LogP contribution in [0.1, 0.15) is 16.1 Å². The maximum Gasteiger partial charge on any atom is 0.271 e. The second-order valence-corrected chi connectivity index (χ2v) is 4.08. The van der Waals surface area contributed by atoms with Gasteiger partial charge in [-0.25, -0.2) is 4.68 Å². The third kappa shape index (κ3) is 2.37. The normalized spacial score (nSPS) is 10.4. The highest BCUT2D eigenvalue weighted by Crippen LogP contribution is 2.21. The Morgan fingerprint density at radius 3 is 2.89 bits per heavy atom. The molecule has 18 heavy (non-hydrogen) atoms. The Kier molecular flexibility index (Phi) is 3.64. The molecule has 5 nitrogen and oxygen atoms in total. The maximum absolute atomic E-state index is 11.4. The van der Waals surface area contributed by atoms with Gasteiger partial charge in [-0.2, -0.15) is 5.10 Å². The van der Waals surface area contributed by atoms with E-state index in [1.165, 1.54) is 4.68 Å². The lowest BCUT2D eigenvalue weighted by atomic mass is 10.2. The van der Waals surface area contributed by atoms with Crippen LogP contribution in [0.3, 0.4) is 0 Å². The van der Waals surface area contributed by atoms with Crippen molar-refractivity contribution in [3.05, 3.63) is 46.7 Å². The molecule has 1 heterocycles. The van der Waals surface area contributed by atoms with Crippen molar-refractivity contribution < 1.29 is 9.90 Å². The molecule has 1 aromatic carbocycles. The number of aliphatic hydroxyl groups excluding tert-OH is 1. The Morgan fingerprint density at radius 1 is 1.50 bits per heavy atom. The first-order chi connectivity index (χ1) is 8.65. The van der Waals surface area contributed by atoms with Crippen LogP contribution < -0.4 is 5.32 Å². The zero-order valence-electron chi connectivity index (χ0n) is 9.72. The van der Waals surface area contributed by atoms with Gasteiger partial charge in [0.1, 0.15) is 0 Å². The Labute approximate surface area is 109 Å². The number of nitrogens with one attached hydrogen (secondary N) is 1. The summed E-state index contributed by atoms with van der Waals surface area (Å²) in [5.74, 6) is -0.253. The summed E-state index contributed by atoms with van der Waals surface area (Å²) >= 11 is 6.09. The monoisotopic (exact) mass is 265 g/mol. The van der Waals surface area contributed by atoms with E-state index in [0.717, 1.165) is 5.56 Å². The van der Waals surface area contributed by atoms with Crippen LogP contribution in [0.5, 0.6) is 0 Å². The van der Waals surface area contributed by atoms with E-state index in [0.29, 0.717) is 16.4 Å². The fourth-order valence-electron chi connectivity index (χ4n) is 1.54. The summed E-state index contributed by atoms with van der Waals surface area (Å²) in [4.78, 5) is 11.4. The molecule has 0 aliphatic carbocycles. The molecule has 2 aromatic rings. The molecule has 0 spiro atoms. The molecule has 2 N–H and O–H groups in total. The zero-order valence-corrected chi connectivity index (χ0v) is 10.5. The molecule has 0 radical (unpaired) electrons. The Morgan fingerprint density at radius 2 is 2.28 bits per heavy atom. The third-order valence-electron chi connectivity index (χ3n) is 2.49. The number of hydrogen-bond donors (Lipinski definition) is 2. The number of rotatable bonds is 3. The quantitative estimate of drug-likeness (QED) is 0.881. The topological polar surface area (TPSA) is 67.2 Å². The molecule has 1 aromatic heterocycles. The van der Waals surface area contributed by atoms with Gasteiger partial charge in [-0.1, -0.05) is 17.7 Å². The predicted molar refractivity (Wildman–Crippen MR) is 67.9 cm³/mol. The second-order valence-electron chi connectivity index (χ2n) is 3.67. The molecule has 0 fully saturated rings. The van der Waals surface area contributed by atoms with Crippen LogP contribution in [0.2, 0.25) is 5.02 Å². The van der Waals surface area contributed by atoms with Crippen molar-refractivity contribution in [2.45, 2.75) is 6.61 Å². The third-order valence-corrected chi connectivity index (χ3v) is 2.79. The van der Waals surface area contributed by atoms with Gasteiger partial charge in [-0.05, 0) is 23.8 Å². The number of halogens is 1. The highest BCUT2D eigenvalue weighted by atomic mass is 35.5. The van der Waals surface area contributed by atoms with E-state index in [1.807, 2.05) is 0 Å². The van der Waals surface area contributed by atoms with Crippen molar-refractivity contribution in [3.8, 4) is 5.69 Å². The van der Waals surface area contributed by atoms with E-state index < -0.39 is 0 Å². The van der Waals surface area contributed by atoms with Gasteiger partial charge in [0.05, 0.1) is 17.3 Å². The molecular weight excluding hydrogens is 254 g/mol. The molecule has 0 atom stereocenters. The molecule has 0 unspecified atom stereocenters. The number of carbonyl (C=O) groups excluding carboxylic acids is 1. The average molecular weight is 266 g/mol. The molecular formula is C12H12ClN3O2. The zero-order chi connectivity index (χ0) is 13.1. The molecule has 0 saturated heterocycles. The highest BCUT2D eigenvalue weighted by molar-refractivity contribution is 6.32. The number of aromatic nitrogens is 2. The number of nitrogens with zero attached hydrogens (tertiary/aromatic N) is 2. The number of benzene rings is 1. The predicted octanol–water partition coefficient (Wildman–Crippen LogP) is 1.38. The Balaban J connectivity index is 2.37. The standard InChI is InChI=1S/C12H12ClN3O2/c1-14-12(18)10-4-5-16(15-10)11-3-2-8(7-17)6-9(11)13/h2-6,17H,7H2,1H3,(H,14,18). The molecule has 94 valence electrons. The lowest BCUT2D eigenvalue weighted by molar-refractivity contribution is 0.0957. The molecule has 0 aliphatic rings. The van der Waals surface area contributed by atoms with Crippen LogP contribution >= 0.6 is 11.6 Å². The maximum atomic E-state index is 11.4. The summed E-state index contributed by atoms with van der Waals surface area (Å²) in [6, 6.07) is 6.77. The van der Waals surface area contributed by atoms with E-state index in [4.69, 9.17) is 16.7 Å². The van der Waals surface area contributed by atoms with Crippen molar-refractivity contribution in [2.75, 3.05) is 7.05 Å². The lowest BCUT2D eigenvalue weighted by Gasteiger charge is -2.05. The van der Waals surface area contributed by atoms with Gasteiger partial charge in [-0.15, -0.1) is 0 Å². The van der Waals surface area contributed by atoms with Gasteiger partial charge < -0.3 is 10.4 Å². The number of hydrogen-bond acceptors (Lipinski definition) is 3. The van der Waals surface area contributed by atoms with Crippen molar-refractivity contribution in [1.82, 2.24) is 15.1 Å². The average Bonchev–Trinajstić information content (AvgIpc) is 2.87. The molecule has 0 aliphatic heterocycles. The van der Waals surface area contributed by atoms with Crippen molar-refractivity contribution in [2.24, 2.45) is 0 Å². The van der Waals surface area contributed by atoms with Gasteiger partial charge in [0.2, 0.25) is 0 Å². The van der Waals surface area contributed by atoms with Crippen LogP contribution in [0.4, 0.5) is 0 Å². The summed E-state index contributed by atoms with van der Waals surface area (Å²) in [5, 5.41) is 16.1. The van der Waals surface area contributed by atoms with Gasteiger partial charge in [0, 0.05) is 13.2 Å². The number of aliphatic hydroxyl groups is 1. The summed E-state index contributed by atoms with van der Waals surface area (Å²) in [6.45, 7) is -0.0669. The second kappa shape index (κ2) is 5.20. The Bertz CT molecular complexity index is 580. The molecule has 6 heteroatoms. The summed E-state index contributed by atoms with van der Waals surface area (Å²) in [6.07, 6.45) is 1.66. The lowest BCUT2D eigenvalue weighted by Crippen LogP contribution is -2.18. The van der Waals surface area contributed by atoms with E-state index >= 15 is 0 Å². The van der Waals surface area contributed by atoms with Crippen LogP contribution in [0.15, 0.2) is 30.5 Å². The minimum atomic E-state index is -0.253. The fourth-order valence-corrected chi connectivity index (χ4v) is 1.83. The van der Waals surface area contributed by atoms with E-state index in [-0.39, 0.29) is 12.5 Å². The number of carbonyl (C=O) groups is 1. The first-order valence-electron chi connectivity index (χ1n) is 5.33. The molecule has 1 amide bonds. The van der Waals surface area contributed by atoms with Crippen LogP contribution in [0, 0.1) is 0 Å². The van der Waals surface area contributed by atoms with Crippen molar-refractivity contribution >= 4 is 17.5 Å². The van der Waals surface area contributed by atoms with Crippen molar-refractivity contribution in [3.63, 3.8) is 0 Å². The van der Waals surface area contributed by atoms with Crippen molar-refractivity contribution in [1.29, 1.82) is 0 Å². The summed E-state index contributed by atoms with van der Waals surface area (Å²) in [5.41, 5.74) is 1.70. The first-order valence-corrected chi connectivity index (χ1v) is 5.71. The van der Waals surface area contributed by atoms with E-state index in [2.05, 4.69) is 10.4 Å². The highest BCUT2D eigenvalue weighted by Gasteiger charge is 2.10. The first kappa shape index (κ1) is 12.6. The minimum absolute atomic E-state index is 0.0669. The molecule has 0 saturated carbocycles. The van der Waals surface area contributed by atoms with Crippen LogP contribution in [-0.2, 0) is 6.61 Å². The minimum Gasteiger partial charge on any atom is -0.392 e. The molecule has 2 rings (SSSR count). The van der Waals surface area contributed by atoms with Crippen LogP contribution in [0.25, 0.3) is 5.69 Å². The van der Waals surface area contributed by atoms with Gasteiger partial charge >= 0.3 is 0 Å². The van der Waals surface area contributed by atoms with E-state index in [1.54, 1.807) is 37.5 Å². The smallest absolute Gasteiger partial charge is 0.271 e.